The fourth-order valence-corrected chi connectivity index (χ4v) is 3.72. The first-order valence-corrected chi connectivity index (χ1v) is 8.83. The van der Waals surface area contributed by atoms with Gasteiger partial charge in [-0.2, -0.15) is 0 Å². The van der Waals surface area contributed by atoms with Crippen molar-refractivity contribution in [3.8, 4) is 0 Å². The van der Waals surface area contributed by atoms with E-state index in [0.29, 0.717) is 23.2 Å². The van der Waals surface area contributed by atoms with Crippen LogP contribution in [0.2, 0.25) is 0 Å². The lowest BCUT2D eigenvalue weighted by atomic mass is 9.94. The highest BCUT2D eigenvalue weighted by Crippen LogP contribution is 2.26. The summed E-state index contributed by atoms with van der Waals surface area (Å²) in [6.07, 6.45) is 5.35. The summed E-state index contributed by atoms with van der Waals surface area (Å²) in [5.74, 6) is -0.248. The van der Waals surface area contributed by atoms with Gasteiger partial charge in [0, 0.05) is 30.8 Å². The van der Waals surface area contributed by atoms with Gasteiger partial charge in [0.1, 0.15) is 11.7 Å². The van der Waals surface area contributed by atoms with Gasteiger partial charge in [-0.1, -0.05) is 0 Å². The number of nitrogens with one attached hydrogen (secondary N) is 2. The van der Waals surface area contributed by atoms with Crippen LogP contribution in [0.25, 0.3) is 0 Å². The number of aromatic amines is 1. The van der Waals surface area contributed by atoms with E-state index in [9.17, 15) is 14.4 Å². The number of piperidine rings is 1. The number of H-pyrrole nitrogens is 1. The molecule has 0 saturated carbocycles. The Morgan fingerprint density at radius 2 is 1.83 bits per heavy atom. The largest absolute Gasteiger partial charge is 0.354 e. The van der Waals surface area contributed by atoms with E-state index in [1.807, 2.05) is 4.90 Å². The minimum absolute atomic E-state index is 0.0342. The molecule has 1 atom stereocenters. The maximum Gasteiger partial charge on any atom is 0.268 e. The van der Waals surface area contributed by atoms with Crippen molar-refractivity contribution in [2.75, 3.05) is 13.1 Å². The summed E-state index contributed by atoms with van der Waals surface area (Å²) in [7, 11) is 0. The minimum Gasteiger partial charge on any atom is -0.354 e. The molecule has 1 saturated heterocycles. The number of fused-ring (bicyclic) bond motifs is 1. The molecule has 0 radical (unpaired) electrons. The molecule has 6 nitrogen and oxygen atoms in total. The van der Waals surface area contributed by atoms with Crippen molar-refractivity contribution in [1.82, 2.24) is 15.2 Å². The molecule has 3 rings (SSSR count). The molecule has 0 bridgehead atoms. The van der Waals surface area contributed by atoms with E-state index in [4.69, 9.17) is 0 Å². The van der Waals surface area contributed by atoms with Crippen LogP contribution in [0.3, 0.4) is 0 Å². The summed E-state index contributed by atoms with van der Waals surface area (Å²) in [5.41, 5.74) is 2.63. The van der Waals surface area contributed by atoms with Crippen molar-refractivity contribution < 1.29 is 14.4 Å². The summed E-state index contributed by atoms with van der Waals surface area (Å²) in [6, 6.07) is -0.564. The number of likely N-dealkylation sites (tertiary alicyclic amines) is 1. The molecule has 24 heavy (non-hydrogen) atoms. The predicted octanol–water partition coefficient (Wildman–Crippen LogP) is 1.97. The van der Waals surface area contributed by atoms with Gasteiger partial charge in [0.25, 0.3) is 5.91 Å². The van der Waals surface area contributed by atoms with Crippen molar-refractivity contribution in [2.45, 2.75) is 58.4 Å². The van der Waals surface area contributed by atoms with E-state index in [1.165, 1.54) is 0 Å². The van der Waals surface area contributed by atoms with Crippen LogP contribution in [0.15, 0.2) is 0 Å². The molecule has 0 spiro atoms. The molecule has 1 aromatic rings. The number of hydrogen-bond acceptors (Lipinski definition) is 3. The number of hydrogen-bond donors (Lipinski definition) is 2. The van der Waals surface area contributed by atoms with Gasteiger partial charge in [0.15, 0.2) is 5.78 Å². The Morgan fingerprint density at radius 3 is 2.50 bits per heavy atom. The third-order valence-electron chi connectivity index (χ3n) is 5.05. The SMILES string of the molecule is Cc1c(C(=O)N[C@@H](C)C(=O)N2CCCCC2)[nH]c2c1C(=O)CCC2. The fraction of sp³-hybridized carbons (Fsp3) is 0.611. The number of ketones is 1. The van der Waals surface area contributed by atoms with E-state index < -0.39 is 6.04 Å². The quantitative estimate of drug-likeness (QED) is 0.888. The van der Waals surface area contributed by atoms with Crippen LogP contribution in [0.1, 0.15) is 71.1 Å². The fourth-order valence-electron chi connectivity index (χ4n) is 3.72. The minimum atomic E-state index is -0.564. The Kier molecular flexibility index (Phi) is 4.73. The lowest BCUT2D eigenvalue weighted by Crippen LogP contribution is -2.48. The Morgan fingerprint density at radius 1 is 1.12 bits per heavy atom. The van der Waals surface area contributed by atoms with Crippen LogP contribution in [-0.2, 0) is 11.2 Å². The van der Waals surface area contributed by atoms with E-state index in [2.05, 4.69) is 10.3 Å². The second-order valence-electron chi connectivity index (χ2n) is 6.84. The number of carbonyl (C=O) groups is 3. The van der Waals surface area contributed by atoms with Gasteiger partial charge in [-0.05, 0) is 51.5 Å². The van der Waals surface area contributed by atoms with Gasteiger partial charge in [-0.15, -0.1) is 0 Å². The zero-order valence-electron chi connectivity index (χ0n) is 14.4. The second-order valence-corrected chi connectivity index (χ2v) is 6.84. The third-order valence-corrected chi connectivity index (χ3v) is 5.05. The standard InChI is InChI=1S/C18H25N3O3/c1-11-15-13(7-6-8-14(15)22)20-16(11)17(23)19-12(2)18(24)21-9-4-3-5-10-21/h12,20H,3-10H2,1-2H3,(H,19,23)/t12-/m0/s1. The average molecular weight is 331 g/mol. The van der Waals surface area contributed by atoms with Gasteiger partial charge >= 0.3 is 0 Å². The first kappa shape index (κ1) is 16.7. The van der Waals surface area contributed by atoms with Crippen molar-refractivity contribution >= 4 is 17.6 Å². The maximum atomic E-state index is 12.6. The summed E-state index contributed by atoms with van der Waals surface area (Å²) >= 11 is 0. The Hall–Kier alpha value is -2.11. The Balaban J connectivity index is 1.71. The normalized spacial score (nSPS) is 18.9. The lowest BCUT2D eigenvalue weighted by molar-refractivity contribution is -0.133. The molecule has 0 unspecified atom stereocenters. The number of aromatic nitrogens is 1. The van der Waals surface area contributed by atoms with Crippen LogP contribution in [0.4, 0.5) is 0 Å². The first-order chi connectivity index (χ1) is 11.5. The summed E-state index contributed by atoms with van der Waals surface area (Å²) in [4.78, 5) is 42.0. The molecule has 1 aromatic heterocycles. The van der Waals surface area contributed by atoms with Gasteiger partial charge in [-0.25, -0.2) is 0 Å². The summed E-state index contributed by atoms with van der Waals surface area (Å²) in [5, 5.41) is 2.79. The number of aryl methyl sites for hydroxylation is 1. The highest BCUT2D eigenvalue weighted by Gasteiger charge is 2.28. The van der Waals surface area contributed by atoms with Crippen molar-refractivity contribution in [3.05, 3.63) is 22.5 Å². The molecule has 2 aliphatic rings. The molecule has 130 valence electrons. The number of rotatable bonds is 3. The summed E-state index contributed by atoms with van der Waals surface area (Å²) < 4.78 is 0. The molecule has 1 fully saturated rings. The van der Waals surface area contributed by atoms with Gasteiger partial charge < -0.3 is 15.2 Å². The molecular weight excluding hydrogens is 306 g/mol. The molecule has 2 N–H and O–H groups in total. The summed E-state index contributed by atoms with van der Waals surface area (Å²) in [6.45, 7) is 5.05. The molecule has 2 amide bonds. The van der Waals surface area contributed by atoms with Crippen LogP contribution in [0.5, 0.6) is 0 Å². The van der Waals surface area contributed by atoms with Gasteiger partial charge in [0.05, 0.1) is 0 Å². The van der Waals surface area contributed by atoms with Crippen molar-refractivity contribution in [2.24, 2.45) is 0 Å². The molecule has 0 aromatic carbocycles. The Labute approximate surface area is 142 Å². The van der Waals surface area contributed by atoms with E-state index >= 15 is 0 Å². The molecule has 1 aliphatic carbocycles. The molecule has 6 heteroatoms. The van der Waals surface area contributed by atoms with Crippen LogP contribution in [0, 0.1) is 6.92 Å². The van der Waals surface area contributed by atoms with Crippen molar-refractivity contribution in [1.29, 1.82) is 0 Å². The number of carbonyl (C=O) groups excluding carboxylic acids is 3. The highest BCUT2D eigenvalue weighted by molar-refractivity contribution is 6.05. The van der Waals surface area contributed by atoms with E-state index in [1.54, 1.807) is 13.8 Å². The number of amides is 2. The second kappa shape index (κ2) is 6.79. The topological polar surface area (TPSA) is 82.3 Å². The zero-order valence-corrected chi connectivity index (χ0v) is 14.4. The average Bonchev–Trinajstić information content (AvgIpc) is 2.93. The monoisotopic (exact) mass is 331 g/mol. The highest BCUT2D eigenvalue weighted by atomic mass is 16.2. The van der Waals surface area contributed by atoms with Crippen LogP contribution in [-0.4, -0.2) is 46.6 Å². The van der Waals surface area contributed by atoms with Crippen LogP contribution < -0.4 is 5.32 Å². The van der Waals surface area contributed by atoms with Gasteiger partial charge in [0.2, 0.25) is 5.91 Å². The third kappa shape index (κ3) is 3.09. The first-order valence-electron chi connectivity index (χ1n) is 8.83. The predicted molar refractivity (Wildman–Crippen MR) is 90.2 cm³/mol. The van der Waals surface area contributed by atoms with E-state index in [0.717, 1.165) is 50.9 Å². The smallest absolute Gasteiger partial charge is 0.268 e. The Bertz CT molecular complexity index is 671. The molecular formula is C18H25N3O3. The van der Waals surface area contributed by atoms with Crippen LogP contribution >= 0.6 is 0 Å². The molecule has 2 heterocycles. The lowest BCUT2D eigenvalue weighted by Gasteiger charge is -2.29. The molecule has 1 aliphatic heterocycles. The van der Waals surface area contributed by atoms with Gasteiger partial charge in [-0.3, -0.25) is 14.4 Å². The number of Topliss-reactive ketones (excluding diaryl/α,β-unsaturated/α-hetero) is 1. The van der Waals surface area contributed by atoms with E-state index in [-0.39, 0.29) is 17.6 Å². The van der Waals surface area contributed by atoms with Crippen molar-refractivity contribution in [3.63, 3.8) is 0 Å². The zero-order chi connectivity index (χ0) is 17.3. The number of nitrogens with zero attached hydrogens (tertiary/aromatic N) is 1. The maximum absolute atomic E-state index is 12.6.